The molecular formula is C19H25IN2. The number of pyridine rings is 1. The van der Waals surface area contributed by atoms with E-state index < -0.39 is 0 Å². The largest absolute Gasteiger partial charge is 1.00 e. The topological polar surface area (TPSA) is 7.12 Å². The normalized spacial score (nSPS) is 10.5. The molecule has 22 heavy (non-hydrogen) atoms. The first kappa shape index (κ1) is 18.7. The molecule has 0 saturated carbocycles. The van der Waals surface area contributed by atoms with Gasteiger partial charge in [-0.3, -0.25) is 0 Å². The highest BCUT2D eigenvalue weighted by Gasteiger charge is 2.00. The molecule has 0 N–H and O–H groups in total. The summed E-state index contributed by atoms with van der Waals surface area (Å²) in [6.45, 7) is 9.63. The van der Waals surface area contributed by atoms with Crippen LogP contribution in [0.2, 0.25) is 0 Å². The second kappa shape index (κ2) is 9.62. The number of aryl methyl sites for hydroxylation is 1. The minimum absolute atomic E-state index is 0. The van der Waals surface area contributed by atoms with Gasteiger partial charge in [0.1, 0.15) is 6.54 Å². The molecule has 0 amide bonds. The van der Waals surface area contributed by atoms with Crippen molar-refractivity contribution in [1.82, 2.24) is 0 Å². The van der Waals surface area contributed by atoms with Crippen molar-refractivity contribution in [2.75, 3.05) is 18.0 Å². The number of aromatic nitrogens is 1. The Morgan fingerprint density at radius 2 is 1.32 bits per heavy atom. The SMILES string of the molecule is CCN(CC)c1ccc(C=Cc2cc[n+](CC)cc2)cc1.[I-]. The lowest BCUT2D eigenvalue weighted by molar-refractivity contribution is -0.693. The molecule has 0 radical (unpaired) electrons. The number of anilines is 1. The van der Waals surface area contributed by atoms with Gasteiger partial charge >= 0.3 is 0 Å². The quantitative estimate of drug-likeness (QED) is 0.512. The highest BCUT2D eigenvalue weighted by Crippen LogP contribution is 2.16. The number of benzene rings is 1. The van der Waals surface area contributed by atoms with Gasteiger partial charge < -0.3 is 28.9 Å². The Kier molecular flexibility index (Phi) is 8.17. The monoisotopic (exact) mass is 408 g/mol. The Morgan fingerprint density at radius 3 is 1.77 bits per heavy atom. The van der Waals surface area contributed by atoms with Crippen LogP contribution in [-0.2, 0) is 6.54 Å². The molecule has 0 bridgehead atoms. The third kappa shape index (κ3) is 5.13. The summed E-state index contributed by atoms with van der Waals surface area (Å²) in [7, 11) is 0. The lowest BCUT2D eigenvalue weighted by Crippen LogP contribution is -3.00. The molecule has 0 aliphatic heterocycles. The second-order valence-electron chi connectivity index (χ2n) is 5.06. The summed E-state index contributed by atoms with van der Waals surface area (Å²) < 4.78 is 2.16. The van der Waals surface area contributed by atoms with E-state index in [-0.39, 0.29) is 24.0 Å². The lowest BCUT2D eigenvalue weighted by Gasteiger charge is -2.20. The standard InChI is InChI=1S/C19H25N2.HI/c1-4-20-15-13-18(14-16-20)8-7-17-9-11-19(12-10-17)21(5-2)6-3;/h7-16H,4-6H2,1-3H3;1H/q+1;/p-1. The molecule has 0 aliphatic rings. The minimum atomic E-state index is 0. The van der Waals surface area contributed by atoms with Gasteiger partial charge in [0.05, 0.1) is 0 Å². The molecular weight excluding hydrogens is 383 g/mol. The molecule has 2 aromatic rings. The minimum Gasteiger partial charge on any atom is -1.00 e. The molecule has 1 aromatic heterocycles. The zero-order valence-electron chi connectivity index (χ0n) is 13.7. The average Bonchev–Trinajstić information content (AvgIpc) is 2.55. The van der Waals surface area contributed by atoms with Gasteiger partial charge in [-0.25, -0.2) is 4.57 Å². The fraction of sp³-hybridized carbons (Fsp3) is 0.316. The van der Waals surface area contributed by atoms with Crippen molar-refractivity contribution in [2.24, 2.45) is 0 Å². The van der Waals surface area contributed by atoms with Crippen LogP contribution in [0.3, 0.4) is 0 Å². The van der Waals surface area contributed by atoms with E-state index in [1.807, 2.05) is 0 Å². The van der Waals surface area contributed by atoms with Gasteiger partial charge in [-0.15, -0.1) is 0 Å². The maximum atomic E-state index is 2.36. The fourth-order valence-electron chi connectivity index (χ4n) is 2.37. The average molecular weight is 408 g/mol. The number of rotatable bonds is 6. The Bertz CT molecular complexity index is 569. The Hall–Kier alpha value is -1.36. The molecule has 0 saturated heterocycles. The molecule has 0 fully saturated rings. The van der Waals surface area contributed by atoms with Crippen molar-refractivity contribution in [3.05, 3.63) is 59.9 Å². The first-order valence-electron chi connectivity index (χ1n) is 7.79. The van der Waals surface area contributed by atoms with Crippen molar-refractivity contribution >= 4 is 17.8 Å². The molecule has 1 heterocycles. The van der Waals surface area contributed by atoms with Gasteiger partial charge in [0.2, 0.25) is 0 Å². The fourth-order valence-corrected chi connectivity index (χ4v) is 2.37. The van der Waals surface area contributed by atoms with Gasteiger partial charge in [0.15, 0.2) is 12.4 Å². The third-order valence-corrected chi connectivity index (χ3v) is 3.77. The Balaban J connectivity index is 0.00000242. The summed E-state index contributed by atoms with van der Waals surface area (Å²) in [5, 5.41) is 0. The number of hydrogen-bond donors (Lipinski definition) is 0. The number of halogens is 1. The van der Waals surface area contributed by atoms with Crippen LogP contribution in [-0.4, -0.2) is 13.1 Å². The molecule has 2 nitrogen and oxygen atoms in total. The molecule has 0 spiro atoms. The second-order valence-corrected chi connectivity index (χ2v) is 5.06. The van der Waals surface area contributed by atoms with Crippen molar-refractivity contribution in [2.45, 2.75) is 27.3 Å². The van der Waals surface area contributed by atoms with E-state index in [2.05, 4.69) is 91.2 Å². The van der Waals surface area contributed by atoms with Crippen molar-refractivity contribution in [3.63, 3.8) is 0 Å². The van der Waals surface area contributed by atoms with Crippen LogP contribution in [0, 0.1) is 0 Å². The Labute approximate surface area is 151 Å². The Morgan fingerprint density at radius 1 is 0.818 bits per heavy atom. The van der Waals surface area contributed by atoms with Crippen LogP contribution in [0.5, 0.6) is 0 Å². The molecule has 1 aromatic carbocycles. The molecule has 2 rings (SSSR count). The lowest BCUT2D eigenvalue weighted by atomic mass is 10.1. The predicted octanol–water partition coefficient (Wildman–Crippen LogP) is 1.01. The summed E-state index contributed by atoms with van der Waals surface area (Å²) >= 11 is 0. The molecule has 3 heteroatoms. The highest BCUT2D eigenvalue weighted by molar-refractivity contribution is 5.70. The highest BCUT2D eigenvalue weighted by atomic mass is 127. The summed E-state index contributed by atoms with van der Waals surface area (Å²) in [6.07, 6.45) is 8.55. The maximum absolute atomic E-state index is 2.36. The zero-order valence-corrected chi connectivity index (χ0v) is 15.8. The molecule has 0 aliphatic carbocycles. The van der Waals surface area contributed by atoms with E-state index in [0.717, 1.165) is 19.6 Å². The third-order valence-electron chi connectivity index (χ3n) is 3.77. The summed E-state index contributed by atoms with van der Waals surface area (Å²) in [4.78, 5) is 2.36. The smallest absolute Gasteiger partial charge is 0.169 e. The van der Waals surface area contributed by atoms with E-state index in [9.17, 15) is 0 Å². The summed E-state index contributed by atoms with van der Waals surface area (Å²) in [5.41, 5.74) is 3.76. The van der Waals surface area contributed by atoms with Gasteiger partial charge in [-0.1, -0.05) is 24.3 Å². The van der Waals surface area contributed by atoms with Gasteiger partial charge in [0.25, 0.3) is 0 Å². The van der Waals surface area contributed by atoms with Gasteiger partial charge in [0, 0.05) is 30.9 Å². The van der Waals surface area contributed by atoms with E-state index >= 15 is 0 Å². The molecule has 0 atom stereocenters. The van der Waals surface area contributed by atoms with Crippen LogP contribution in [0.4, 0.5) is 5.69 Å². The van der Waals surface area contributed by atoms with Crippen LogP contribution < -0.4 is 33.4 Å². The predicted molar refractivity (Wildman–Crippen MR) is 91.2 cm³/mol. The summed E-state index contributed by atoms with van der Waals surface area (Å²) in [6, 6.07) is 13.0. The van der Waals surface area contributed by atoms with Crippen molar-refractivity contribution in [3.8, 4) is 0 Å². The number of nitrogens with zero attached hydrogens (tertiary/aromatic N) is 2. The zero-order chi connectivity index (χ0) is 15.1. The van der Waals surface area contributed by atoms with Crippen molar-refractivity contribution in [1.29, 1.82) is 0 Å². The molecule has 0 unspecified atom stereocenters. The van der Waals surface area contributed by atoms with Gasteiger partial charge in [-0.2, -0.15) is 0 Å². The van der Waals surface area contributed by atoms with E-state index in [1.165, 1.54) is 16.8 Å². The van der Waals surface area contributed by atoms with Crippen LogP contribution >= 0.6 is 0 Å². The van der Waals surface area contributed by atoms with Crippen LogP contribution in [0.25, 0.3) is 12.2 Å². The number of hydrogen-bond acceptors (Lipinski definition) is 1. The van der Waals surface area contributed by atoms with E-state index in [0.29, 0.717) is 0 Å². The van der Waals surface area contributed by atoms with Crippen LogP contribution in [0.15, 0.2) is 48.8 Å². The van der Waals surface area contributed by atoms with Crippen LogP contribution in [0.1, 0.15) is 31.9 Å². The molecule has 118 valence electrons. The first-order chi connectivity index (χ1) is 10.3. The van der Waals surface area contributed by atoms with Crippen molar-refractivity contribution < 1.29 is 28.5 Å². The van der Waals surface area contributed by atoms with E-state index in [1.54, 1.807) is 0 Å². The first-order valence-corrected chi connectivity index (χ1v) is 7.79. The van der Waals surface area contributed by atoms with E-state index in [4.69, 9.17) is 0 Å². The maximum Gasteiger partial charge on any atom is 0.169 e. The van der Waals surface area contributed by atoms with Gasteiger partial charge in [-0.05, 0) is 44.0 Å². The summed E-state index contributed by atoms with van der Waals surface area (Å²) in [5.74, 6) is 0.